The van der Waals surface area contributed by atoms with Crippen molar-refractivity contribution in [3.8, 4) is 0 Å². The summed E-state index contributed by atoms with van der Waals surface area (Å²) in [5.41, 5.74) is 0. The molecule has 0 atom stereocenters. The van der Waals surface area contributed by atoms with E-state index in [1.165, 1.54) is 12.8 Å². The molecule has 19 heavy (non-hydrogen) atoms. The van der Waals surface area contributed by atoms with Gasteiger partial charge in [-0.15, -0.1) is 0 Å². The molecule has 102 valence electrons. The predicted octanol–water partition coefficient (Wildman–Crippen LogP) is 0.303. The maximum absolute atomic E-state index is 12.1. The zero-order valence-electron chi connectivity index (χ0n) is 10.4. The second-order valence-corrected chi connectivity index (χ2v) is 6.40. The summed E-state index contributed by atoms with van der Waals surface area (Å²) in [4.78, 5) is 6.66. The number of benzene rings is 1. The second-order valence-electron chi connectivity index (χ2n) is 4.72. The van der Waals surface area contributed by atoms with E-state index in [-0.39, 0.29) is 4.90 Å². The third-order valence-corrected chi connectivity index (χ3v) is 4.56. The number of sulfonamides is 1. The molecule has 0 radical (unpaired) electrons. The van der Waals surface area contributed by atoms with Crippen LogP contribution in [0.3, 0.4) is 0 Å². The number of aliphatic imine (C=N–C) groups is 1. The molecular formula is C12H16N4O2S. The van der Waals surface area contributed by atoms with Crippen LogP contribution in [0.2, 0.25) is 0 Å². The summed E-state index contributed by atoms with van der Waals surface area (Å²) < 4.78 is 26.6. The Labute approximate surface area is 112 Å². The van der Waals surface area contributed by atoms with Crippen molar-refractivity contribution in [1.29, 1.82) is 0 Å². The normalized spacial score (nSPS) is 20.5. The van der Waals surface area contributed by atoms with E-state index in [1.54, 1.807) is 30.3 Å². The lowest BCUT2D eigenvalue weighted by Crippen LogP contribution is -2.50. The molecule has 7 heteroatoms. The smallest absolute Gasteiger partial charge is 0.264 e. The molecule has 1 saturated carbocycles. The van der Waals surface area contributed by atoms with Crippen molar-refractivity contribution in [2.45, 2.75) is 23.8 Å². The highest BCUT2D eigenvalue weighted by Gasteiger charge is 2.30. The molecular weight excluding hydrogens is 264 g/mol. The van der Waals surface area contributed by atoms with Crippen molar-refractivity contribution in [2.75, 3.05) is 13.3 Å². The molecule has 0 spiro atoms. The van der Waals surface area contributed by atoms with E-state index in [1.807, 2.05) is 0 Å². The molecule has 2 N–H and O–H groups in total. The Bertz CT molecular complexity index is 581. The van der Waals surface area contributed by atoms with Gasteiger partial charge < -0.3 is 5.32 Å². The van der Waals surface area contributed by atoms with Crippen molar-refractivity contribution in [3.63, 3.8) is 0 Å². The Morgan fingerprint density at radius 2 is 2.00 bits per heavy atom. The SMILES string of the molecule is O=S(=O)(NC1=NCN(C2CC2)CN1)c1ccccc1. The molecule has 1 heterocycles. The first-order chi connectivity index (χ1) is 9.15. The summed E-state index contributed by atoms with van der Waals surface area (Å²) in [6.07, 6.45) is 2.42. The van der Waals surface area contributed by atoms with Gasteiger partial charge >= 0.3 is 0 Å². The number of guanidine groups is 1. The highest BCUT2D eigenvalue weighted by Crippen LogP contribution is 2.26. The third kappa shape index (κ3) is 2.87. The van der Waals surface area contributed by atoms with Crippen molar-refractivity contribution in [2.24, 2.45) is 4.99 Å². The van der Waals surface area contributed by atoms with Gasteiger partial charge in [0.25, 0.3) is 10.0 Å². The van der Waals surface area contributed by atoms with Crippen molar-refractivity contribution in [1.82, 2.24) is 14.9 Å². The van der Waals surface area contributed by atoms with Gasteiger partial charge in [-0.2, -0.15) is 0 Å². The standard InChI is InChI=1S/C12H16N4O2S/c17-19(18,11-4-2-1-3-5-11)15-12-13-8-16(9-14-12)10-6-7-10/h1-5,10H,6-9H2,(H2,13,14,15). The van der Waals surface area contributed by atoms with E-state index in [0.29, 0.717) is 25.3 Å². The molecule has 6 nitrogen and oxygen atoms in total. The van der Waals surface area contributed by atoms with Gasteiger partial charge in [0.05, 0.1) is 18.2 Å². The minimum atomic E-state index is -3.54. The fourth-order valence-corrected chi connectivity index (χ4v) is 3.01. The van der Waals surface area contributed by atoms with Gasteiger partial charge in [0.1, 0.15) is 0 Å². The largest absolute Gasteiger partial charge is 0.343 e. The second kappa shape index (κ2) is 4.82. The van der Waals surface area contributed by atoms with Crippen molar-refractivity contribution < 1.29 is 8.42 Å². The van der Waals surface area contributed by atoms with Crippen LogP contribution in [0.15, 0.2) is 40.2 Å². The van der Waals surface area contributed by atoms with E-state index < -0.39 is 10.0 Å². The summed E-state index contributed by atoms with van der Waals surface area (Å²) in [6, 6.07) is 8.90. The zero-order valence-corrected chi connectivity index (χ0v) is 11.2. The first-order valence-electron chi connectivity index (χ1n) is 6.25. The Balaban J connectivity index is 1.68. The fourth-order valence-electron chi connectivity index (χ4n) is 1.98. The van der Waals surface area contributed by atoms with Crippen LogP contribution in [0, 0.1) is 0 Å². The van der Waals surface area contributed by atoms with Gasteiger partial charge in [-0.3, -0.25) is 4.90 Å². The Morgan fingerprint density at radius 1 is 1.26 bits per heavy atom. The van der Waals surface area contributed by atoms with Gasteiger partial charge in [-0.25, -0.2) is 18.1 Å². The molecule has 0 aromatic heterocycles. The Hall–Kier alpha value is -1.60. The molecule has 0 amide bonds. The fraction of sp³-hybridized carbons (Fsp3) is 0.417. The number of hydrogen-bond donors (Lipinski definition) is 2. The van der Waals surface area contributed by atoms with E-state index in [0.717, 1.165) is 0 Å². The molecule has 1 aliphatic heterocycles. The Kier molecular flexibility index (Phi) is 3.16. The predicted molar refractivity (Wildman–Crippen MR) is 71.9 cm³/mol. The Morgan fingerprint density at radius 3 is 2.58 bits per heavy atom. The molecule has 1 aromatic carbocycles. The molecule has 0 unspecified atom stereocenters. The maximum atomic E-state index is 12.1. The number of rotatable bonds is 3. The molecule has 1 aliphatic carbocycles. The van der Waals surface area contributed by atoms with Crippen LogP contribution in [0.25, 0.3) is 0 Å². The van der Waals surface area contributed by atoms with Crippen LogP contribution >= 0.6 is 0 Å². The minimum absolute atomic E-state index is 0.240. The average Bonchev–Trinajstić information content (AvgIpc) is 3.25. The summed E-state index contributed by atoms with van der Waals surface area (Å²) >= 11 is 0. The average molecular weight is 280 g/mol. The van der Waals surface area contributed by atoms with Crippen molar-refractivity contribution >= 4 is 16.0 Å². The van der Waals surface area contributed by atoms with Crippen LogP contribution < -0.4 is 10.0 Å². The van der Waals surface area contributed by atoms with Crippen LogP contribution in [0.1, 0.15) is 12.8 Å². The van der Waals surface area contributed by atoms with Gasteiger partial charge in [-0.1, -0.05) is 18.2 Å². The maximum Gasteiger partial charge on any atom is 0.264 e. The van der Waals surface area contributed by atoms with Crippen LogP contribution in [-0.2, 0) is 10.0 Å². The number of nitrogens with zero attached hydrogens (tertiary/aromatic N) is 2. The topological polar surface area (TPSA) is 73.8 Å². The van der Waals surface area contributed by atoms with E-state index in [2.05, 4.69) is 19.9 Å². The first-order valence-corrected chi connectivity index (χ1v) is 7.74. The lowest BCUT2D eigenvalue weighted by atomic mass is 10.4. The van der Waals surface area contributed by atoms with E-state index in [9.17, 15) is 8.42 Å². The van der Waals surface area contributed by atoms with Crippen molar-refractivity contribution in [3.05, 3.63) is 30.3 Å². The zero-order chi connectivity index (χ0) is 13.3. The molecule has 0 bridgehead atoms. The van der Waals surface area contributed by atoms with Gasteiger partial charge in [0.2, 0.25) is 5.96 Å². The summed E-state index contributed by atoms with van der Waals surface area (Å²) in [5.74, 6) is 0.320. The van der Waals surface area contributed by atoms with Crippen LogP contribution in [0.5, 0.6) is 0 Å². The third-order valence-electron chi connectivity index (χ3n) is 3.21. The van der Waals surface area contributed by atoms with Crippen LogP contribution in [-0.4, -0.2) is 38.7 Å². The molecule has 3 rings (SSSR count). The lowest BCUT2D eigenvalue weighted by molar-refractivity contribution is 0.253. The number of nitrogens with one attached hydrogen (secondary N) is 2. The molecule has 1 fully saturated rings. The highest BCUT2D eigenvalue weighted by atomic mass is 32.2. The molecule has 1 aromatic rings. The lowest BCUT2D eigenvalue weighted by Gasteiger charge is -2.26. The quantitative estimate of drug-likeness (QED) is 0.835. The van der Waals surface area contributed by atoms with Gasteiger partial charge in [0, 0.05) is 6.04 Å². The molecule has 0 saturated heterocycles. The number of hydrogen-bond acceptors (Lipinski definition) is 5. The molecule has 2 aliphatic rings. The minimum Gasteiger partial charge on any atom is -0.343 e. The summed E-state index contributed by atoms with van der Waals surface area (Å²) in [5, 5.41) is 3.00. The highest BCUT2D eigenvalue weighted by molar-refractivity contribution is 7.90. The summed E-state index contributed by atoms with van der Waals surface area (Å²) in [6.45, 7) is 1.19. The van der Waals surface area contributed by atoms with Crippen LogP contribution in [0.4, 0.5) is 0 Å². The summed E-state index contributed by atoms with van der Waals surface area (Å²) in [7, 11) is -3.54. The van der Waals surface area contributed by atoms with Gasteiger partial charge in [-0.05, 0) is 25.0 Å². The van der Waals surface area contributed by atoms with E-state index >= 15 is 0 Å². The monoisotopic (exact) mass is 280 g/mol. The first kappa shape index (κ1) is 12.4. The van der Waals surface area contributed by atoms with E-state index in [4.69, 9.17) is 0 Å². The van der Waals surface area contributed by atoms with Gasteiger partial charge in [0.15, 0.2) is 0 Å².